The van der Waals surface area contributed by atoms with E-state index in [1.54, 1.807) is 49.3 Å². The fourth-order valence-corrected chi connectivity index (χ4v) is 3.15. The van der Waals surface area contributed by atoms with Crippen LogP contribution in [0.3, 0.4) is 0 Å². The first-order chi connectivity index (χ1) is 17.1. The van der Waals surface area contributed by atoms with E-state index in [0.29, 0.717) is 17.1 Å². The van der Waals surface area contributed by atoms with Gasteiger partial charge in [-0.1, -0.05) is 12.1 Å². The van der Waals surface area contributed by atoms with Crippen LogP contribution >= 0.6 is 0 Å². The molecule has 0 aliphatic rings. The Morgan fingerprint density at radius 3 is 2.56 bits per heavy atom. The topological polar surface area (TPSA) is 98.1 Å². The minimum Gasteiger partial charge on any atom is -0.438 e. The third-order valence-electron chi connectivity index (χ3n) is 4.70. The molecule has 2 aromatic heterocycles. The number of imidazole rings is 1. The minimum absolute atomic E-state index is 0.0887. The maximum atomic E-state index is 12.9. The van der Waals surface area contributed by atoms with Gasteiger partial charge in [0.15, 0.2) is 5.65 Å². The summed E-state index contributed by atoms with van der Waals surface area (Å²) in [5.41, 5.74) is -0.305. The molecule has 0 saturated heterocycles. The summed E-state index contributed by atoms with van der Waals surface area (Å²) in [5.74, 6) is -0.573. The van der Waals surface area contributed by atoms with Gasteiger partial charge in [-0.15, -0.1) is 5.10 Å². The predicted molar refractivity (Wildman–Crippen MR) is 123 cm³/mol. The average molecular weight is 499 g/mol. The molecular formula is C24H20F3N5O4. The number of aromatic nitrogens is 3. The Kier molecular flexibility index (Phi) is 6.88. The van der Waals surface area contributed by atoms with E-state index in [2.05, 4.69) is 15.4 Å². The fraction of sp³-hybridized carbons (Fsp3) is 0.167. The molecule has 4 aromatic rings. The summed E-state index contributed by atoms with van der Waals surface area (Å²) in [5, 5.41) is 6.82. The SMILES string of the molecule is CN(C)CC(=O)Oc1cn2nc(Oc3cccc(NC(=O)c4cccc(C(F)(F)F)c4)c3)ccc2n1. The normalized spacial score (nSPS) is 11.5. The molecule has 0 spiro atoms. The summed E-state index contributed by atoms with van der Waals surface area (Å²) in [4.78, 5) is 30.1. The van der Waals surface area contributed by atoms with Crippen LogP contribution in [0.4, 0.5) is 18.9 Å². The molecule has 0 unspecified atom stereocenters. The standard InChI is InChI=1S/C24H20F3N5O4/c1-31(2)14-22(33)36-21-13-32-19(29-21)9-10-20(30-32)35-18-8-4-7-17(12-18)28-23(34)15-5-3-6-16(11-15)24(25,26)27/h3-13H,14H2,1-2H3,(H,28,34). The van der Waals surface area contributed by atoms with Crippen LogP contribution in [0, 0.1) is 0 Å². The summed E-state index contributed by atoms with van der Waals surface area (Å²) >= 11 is 0. The maximum absolute atomic E-state index is 12.9. The van der Waals surface area contributed by atoms with Gasteiger partial charge >= 0.3 is 12.1 Å². The highest BCUT2D eigenvalue weighted by molar-refractivity contribution is 6.04. The fourth-order valence-electron chi connectivity index (χ4n) is 3.15. The van der Waals surface area contributed by atoms with E-state index in [1.165, 1.54) is 28.9 Å². The lowest BCUT2D eigenvalue weighted by Gasteiger charge is -2.10. The van der Waals surface area contributed by atoms with Gasteiger partial charge in [0.2, 0.25) is 11.8 Å². The monoisotopic (exact) mass is 499 g/mol. The second kappa shape index (κ2) is 10.0. The van der Waals surface area contributed by atoms with Crippen molar-refractivity contribution in [1.29, 1.82) is 0 Å². The maximum Gasteiger partial charge on any atom is 0.416 e. The smallest absolute Gasteiger partial charge is 0.416 e. The Morgan fingerprint density at radius 1 is 1.03 bits per heavy atom. The van der Waals surface area contributed by atoms with Gasteiger partial charge in [0.1, 0.15) is 5.75 Å². The number of ether oxygens (including phenoxy) is 2. The number of hydrogen-bond acceptors (Lipinski definition) is 7. The molecule has 12 heteroatoms. The van der Waals surface area contributed by atoms with Crippen molar-refractivity contribution in [2.24, 2.45) is 0 Å². The lowest BCUT2D eigenvalue weighted by molar-refractivity contribution is -0.137. The number of anilines is 1. The van der Waals surface area contributed by atoms with Gasteiger partial charge in [0, 0.05) is 23.4 Å². The molecule has 186 valence electrons. The van der Waals surface area contributed by atoms with E-state index < -0.39 is 23.6 Å². The molecule has 0 saturated carbocycles. The molecule has 0 aliphatic carbocycles. The molecule has 4 rings (SSSR count). The quantitative estimate of drug-likeness (QED) is 0.380. The highest BCUT2D eigenvalue weighted by atomic mass is 19.4. The Hall–Kier alpha value is -4.45. The minimum atomic E-state index is -4.55. The molecule has 0 fully saturated rings. The van der Waals surface area contributed by atoms with Gasteiger partial charge in [-0.2, -0.15) is 18.2 Å². The molecule has 2 heterocycles. The highest BCUT2D eigenvalue weighted by Gasteiger charge is 2.30. The van der Waals surface area contributed by atoms with Crippen molar-refractivity contribution in [3.8, 4) is 17.5 Å². The summed E-state index contributed by atoms with van der Waals surface area (Å²) in [6.07, 6.45) is -3.12. The van der Waals surface area contributed by atoms with E-state index in [9.17, 15) is 22.8 Å². The Labute approximate surface area is 203 Å². The van der Waals surface area contributed by atoms with Crippen molar-refractivity contribution in [3.63, 3.8) is 0 Å². The van der Waals surface area contributed by atoms with Crippen molar-refractivity contribution in [2.45, 2.75) is 6.18 Å². The highest BCUT2D eigenvalue weighted by Crippen LogP contribution is 2.30. The van der Waals surface area contributed by atoms with E-state index in [0.717, 1.165) is 12.1 Å². The first kappa shape index (κ1) is 24.7. The molecular weight excluding hydrogens is 479 g/mol. The van der Waals surface area contributed by atoms with Crippen molar-refractivity contribution in [3.05, 3.63) is 78.0 Å². The molecule has 0 atom stereocenters. The lowest BCUT2D eigenvalue weighted by Crippen LogP contribution is -2.25. The van der Waals surface area contributed by atoms with Crippen molar-refractivity contribution in [1.82, 2.24) is 19.5 Å². The van der Waals surface area contributed by atoms with Crippen LogP contribution in [0.1, 0.15) is 15.9 Å². The molecule has 9 nitrogen and oxygen atoms in total. The van der Waals surface area contributed by atoms with Crippen LogP contribution in [0.2, 0.25) is 0 Å². The van der Waals surface area contributed by atoms with Crippen molar-refractivity contribution in [2.75, 3.05) is 26.0 Å². The van der Waals surface area contributed by atoms with Crippen LogP contribution in [-0.4, -0.2) is 52.0 Å². The van der Waals surface area contributed by atoms with E-state index >= 15 is 0 Å². The molecule has 2 aromatic carbocycles. The van der Waals surface area contributed by atoms with Gasteiger partial charge < -0.3 is 14.8 Å². The Morgan fingerprint density at radius 2 is 1.81 bits per heavy atom. The van der Waals surface area contributed by atoms with Gasteiger partial charge in [-0.3, -0.25) is 14.5 Å². The lowest BCUT2D eigenvalue weighted by atomic mass is 10.1. The van der Waals surface area contributed by atoms with E-state index in [1.807, 2.05) is 0 Å². The average Bonchev–Trinajstić information content (AvgIpc) is 3.19. The number of halogens is 3. The number of nitrogens with one attached hydrogen (secondary N) is 1. The largest absolute Gasteiger partial charge is 0.438 e. The van der Waals surface area contributed by atoms with Crippen LogP contribution in [0.5, 0.6) is 17.5 Å². The molecule has 0 aliphatic heterocycles. The third kappa shape index (κ3) is 6.16. The summed E-state index contributed by atoms with van der Waals surface area (Å²) < 4.78 is 51.1. The van der Waals surface area contributed by atoms with Crippen LogP contribution in [-0.2, 0) is 11.0 Å². The number of hydrogen-bond donors (Lipinski definition) is 1. The molecule has 0 radical (unpaired) electrons. The van der Waals surface area contributed by atoms with Gasteiger partial charge in [-0.05, 0) is 50.5 Å². The molecule has 36 heavy (non-hydrogen) atoms. The zero-order chi connectivity index (χ0) is 25.9. The number of alkyl halides is 3. The second-order valence-electron chi connectivity index (χ2n) is 7.93. The number of rotatable bonds is 7. The van der Waals surface area contributed by atoms with Gasteiger partial charge in [-0.25, -0.2) is 4.52 Å². The number of likely N-dealkylation sites (N-methyl/N-ethyl adjacent to an activating group) is 1. The molecule has 1 N–H and O–H groups in total. The number of amides is 1. The number of carbonyl (C=O) groups excluding carboxylic acids is 2. The predicted octanol–water partition coefficient (Wildman–Crippen LogP) is 4.26. The van der Waals surface area contributed by atoms with Crippen LogP contribution in [0.15, 0.2) is 66.9 Å². The first-order valence-electron chi connectivity index (χ1n) is 10.6. The molecule has 1 amide bonds. The Bertz CT molecular complexity index is 1420. The summed E-state index contributed by atoms with van der Waals surface area (Å²) in [6.45, 7) is 0.0936. The zero-order valence-electron chi connectivity index (χ0n) is 19.1. The van der Waals surface area contributed by atoms with Crippen molar-refractivity contribution >= 4 is 23.2 Å². The number of carbonyl (C=O) groups is 2. The van der Waals surface area contributed by atoms with Gasteiger partial charge in [0.05, 0.1) is 18.3 Å². The zero-order valence-corrected chi connectivity index (χ0v) is 19.1. The third-order valence-corrected chi connectivity index (χ3v) is 4.70. The summed E-state index contributed by atoms with van der Waals surface area (Å²) in [6, 6.07) is 13.6. The number of fused-ring (bicyclic) bond motifs is 1. The number of benzene rings is 2. The summed E-state index contributed by atoms with van der Waals surface area (Å²) in [7, 11) is 3.48. The second-order valence-corrected chi connectivity index (χ2v) is 7.93. The first-order valence-corrected chi connectivity index (χ1v) is 10.6. The van der Waals surface area contributed by atoms with Crippen molar-refractivity contribution < 1.29 is 32.2 Å². The van der Waals surface area contributed by atoms with E-state index in [-0.39, 0.29) is 23.9 Å². The number of nitrogens with zero attached hydrogens (tertiary/aromatic N) is 4. The van der Waals surface area contributed by atoms with Crippen LogP contribution < -0.4 is 14.8 Å². The Balaban J connectivity index is 1.45. The van der Waals surface area contributed by atoms with Gasteiger partial charge in [0.25, 0.3) is 5.91 Å². The van der Waals surface area contributed by atoms with Crippen LogP contribution in [0.25, 0.3) is 5.65 Å². The number of esters is 1. The molecule has 0 bridgehead atoms. The van der Waals surface area contributed by atoms with E-state index in [4.69, 9.17) is 9.47 Å².